The van der Waals surface area contributed by atoms with E-state index in [0.29, 0.717) is 6.54 Å². The predicted molar refractivity (Wildman–Crippen MR) is 63.1 cm³/mol. The summed E-state index contributed by atoms with van der Waals surface area (Å²) in [6.45, 7) is 8.35. The molecule has 0 aromatic carbocycles. The molecule has 0 aromatic heterocycles. The van der Waals surface area contributed by atoms with Crippen LogP contribution < -0.4 is 11.1 Å². The minimum absolute atomic E-state index is 0.0802. The van der Waals surface area contributed by atoms with Gasteiger partial charge in [-0.2, -0.15) is 0 Å². The second-order valence-corrected chi connectivity index (χ2v) is 4.32. The molecule has 0 saturated carbocycles. The van der Waals surface area contributed by atoms with E-state index in [2.05, 4.69) is 10.2 Å². The zero-order chi connectivity index (χ0) is 11.8. The van der Waals surface area contributed by atoms with Crippen LogP contribution in [0.5, 0.6) is 0 Å². The van der Waals surface area contributed by atoms with E-state index in [0.717, 1.165) is 45.8 Å². The fraction of sp³-hybridized carbons (Fsp3) is 0.909. The van der Waals surface area contributed by atoms with Gasteiger partial charge in [0.2, 0.25) is 5.91 Å². The van der Waals surface area contributed by atoms with Crippen molar-refractivity contribution < 1.29 is 9.53 Å². The Balaban J connectivity index is 1.93. The van der Waals surface area contributed by atoms with Crippen molar-refractivity contribution in [3.05, 3.63) is 0 Å². The first-order valence-electron chi connectivity index (χ1n) is 6.00. The number of nitrogens with two attached hydrogens (primary N) is 1. The molecule has 0 aliphatic carbocycles. The summed E-state index contributed by atoms with van der Waals surface area (Å²) in [6.07, 6.45) is 1.10. The third-order valence-corrected chi connectivity index (χ3v) is 2.87. The zero-order valence-corrected chi connectivity index (χ0v) is 10.1. The highest BCUT2D eigenvalue weighted by atomic mass is 16.5. The van der Waals surface area contributed by atoms with Crippen molar-refractivity contribution in [1.82, 2.24) is 10.2 Å². The molecule has 94 valence electrons. The fourth-order valence-corrected chi connectivity index (χ4v) is 1.67. The van der Waals surface area contributed by atoms with Gasteiger partial charge in [-0.3, -0.25) is 9.69 Å². The Bertz CT molecular complexity index is 205. The molecule has 3 N–H and O–H groups in total. The summed E-state index contributed by atoms with van der Waals surface area (Å²) in [6, 6.07) is 0. The van der Waals surface area contributed by atoms with Crippen molar-refractivity contribution in [2.75, 3.05) is 45.9 Å². The quantitative estimate of drug-likeness (QED) is 0.573. The first kappa shape index (κ1) is 13.4. The molecule has 1 amide bonds. The topological polar surface area (TPSA) is 67.6 Å². The number of carbonyl (C=O) groups excluding carboxylic acids is 1. The molecule has 16 heavy (non-hydrogen) atoms. The van der Waals surface area contributed by atoms with Gasteiger partial charge in [-0.25, -0.2) is 0 Å². The molecule has 1 atom stereocenters. The predicted octanol–water partition coefficient (Wildman–Crippen LogP) is -0.580. The average Bonchev–Trinajstić information content (AvgIpc) is 2.29. The maximum Gasteiger partial charge on any atom is 0.221 e. The molecular formula is C11H23N3O2. The first-order valence-corrected chi connectivity index (χ1v) is 6.00. The van der Waals surface area contributed by atoms with E-state index in [1.165, 1.54) is 0 Å². The number of carbonyl (C=O) groups is 1. The molecule has 0 bridgehead atoms. The van der Waals surface area contributed by atoms with Crippen molar-refractivity contribution in [2.24, 2.45) is 11.7 Å². The van der Waals surface area contributed by atoms with Gasteiger partial charge in [0, 0.05) is 25.6 Å². The molecule has 1 saturated heterocycles. The lowest BCUT2D eigenvalue weighted by Crippen LogP contribution is -2.38. The van der Waals surface area contributed by atoms with Crippen LogP contribution >= 0.6 is 0 Å². The van der Waals surface area contributed by atoms with Gasteiger partial charge in [0.15, 0.2) is 0 Å². The molecular weight excluding hydrogens is 206 g/mol. The summed E-state index contributed by atoms with van der Waals surface area (Å²) < 4.78 is 5.28. The van der Waals surface area contributed by atoms with Crippen LogP contribution in [0.1, 0.15) is 13.3 Å². The standard InChI is InChI=1S/C11H23N3O2/c1-10(11(12)15)9-13-3-2-4-14-5-7-16-8-6-14/h10,13H,2-9H2,1H3,(H2,12,15). The monoisotopic (exact) mass is 229 g/mol. The van der Waals surface area contributed by atoms with Crippen molar-refractivity contribution in [2.45, 2.75) is 13.3 Å². The minimum atomic E-state index is -0.235. The Morgan fingerprint density at radius 1 is 1.50 bits per heavy atom. The summed E-state index contributed by atoms with van der Waals surface area (Å²) in [4.78, 5) is 13.2. The molecule has 0 aromatic rings. The number of rotatable bonds is 7. The Kier molecular flexibility index (Phi) is 6.37. The van der Waals surface area contributed by atoms with E-state index in [9.17, 15) is 4.79 Å². The first-order chi connectivity index (χ1) is 7.70. The van der Waals surface area contributed by atoms with Crippen molar-refractivity contribution in [3.63, 3.8) is 0 Å². The SMILES string of the molecule is CC(CNCCCN1CCOCC1)C(N)=O. The summed E-state index contributed by atoms with van der Waals surface area (Å²) in [5.41, 5.74) is 5.17. The summed E-state index contributed by atoms with van der Waals surface area (Å²) in [7, 11) is 0. The number of primary amides is 1. The van der Waals surface area contributed by atoms with E-state index in [4.69, 9.17) is 10.5 Å². The Hall–Kier alpha value is -0.650. The molecule has 1 aliphatic heterocycles. The van der Waals surface area contributed by atoms with E-state index < -0.39 is 0 Å². The lowest BCUT2D eigenvalue weighted by atomic mass is 10.2. The highest BCUT2D eigenvalue weighted by Gasteiger charge is 2.10. The number of morpholine rings is 1. The Morgan fingerprint density at radius 2 is 2.19 bits per heavy atom. The summed E-state index contributed by atoms with van der Waals surface area (Å²) in [5.74, 6) is -0.316. The normalized spacial score (nSPS) is 19.6. The van der Waals surface area contributed by atoms with Crippen LogP contribution in [0, 0.1) is 5.92 Å². The zero-order valence-electron chi connectivity index (χ0n) is 10.1. The third kappa shape index (κ3) is 5.44. The molecule has 1 fully saturated rings. The van der Waals surface area contributed by atoms with Crippen molar-refractivity contribution in [1.29, 1.82) is 0 Å². The third-order valence-electron chi connectivity index (χ3n) is 2.87. The van der Waals surface area contributed by atoms with Crippen molar-refractivity contribution >= 4 is 5.91 Å². The lowest BCUT2D eigenvalue weighted by molar-refractivity contribution is -0.121. The van der Waals surface area contributed by atoms with Crippen molar-refractivity contribution in [3.8, 4) is 0 Å². The van der Waals surface area contributed by atoms with Crippen LogP contribution in [0.25, 0.3) is 0 Å². The lowest BCUT2D eigenvalue weighted by Gasteiger charge is -2.26. The van der Waals surface area contributed by atoms with Gasteiger partial charge in [-0.15, -0.1) is 0 Å². The summed E-state index contributed by atoms with van der Waals surface area (Å²) in [5, 5.41) is 3.25. The highest BCUT2D eigenvalue weighted by molar-refractivity contribution is 5.76. The van der Waals surface area contributed by atoms with Crippen LogP contribution in [0.3, 0.4) is 0 Å². The Morgan fingerprint density at radius 3 is 2.81 bits per heavy atom. The molecule has 5 nitrogen and oxygen atoms in total. The van der Waals surface area contributed by atoms with E-state index in [1.807, 2.05) is 6.92 Å². The molecule has 1 rings (SSSR count). The smallest absolute Gasteiger partial charge is 0.221 e. The number of ether oxygens (including phenoxy) is 1. The van der Waals surface area contributed by atoms with E-state index in [-0.39, 0.29) is 11.8 Å². The number of amides is 1. The van der Waals surface area contributed by atoms with Crippen LogP contribution in [0.15, 0.2) is 0 Å². The largest absolute Gasteiger partial charge is 0.379 e. The maximum atomic E-state index is 10.8. The molecule has 1 unspecified atom stereocenters. The van der Waals surface area contributed by atoms with Gasteiger partial charge in [0.25, 0.3) is 0 Å². The average molecular weight is 229 g/mol. The molecule has 1 aliphatic rings. The molecule has 5 heteroatoms. The number of hydrogen-bond donors (Lipinski definition) is 2. The molecule has 0 radical (unpaired) electrons. The molecule has 1 heterocycles. The maximum absolute atomic E-state index is 10.8. The number of hydrogen-bond acceptors (Lipinski definition) is 4. The second kappa shape index (κ2) is 7.60. The van der Waals surface area contributed by atoms with Gasteiger partial charge in [-0.05, 0) is 19.5 Å². The van der Waals surface area contributed by atoms with Crippen LogP contribution in [-0.4, -0.2) is 56.7 Å². The number of nitrogens with zero attached hydrogens (tertiary/aromatic N) is 1. The number of nitrogens with one attached hydrogen (secondary N) is 1. The van der Waals surface area contributed by atoms with Crippen LogP contribution in [0.2, 0.25) is 0 Å². The Labute approximate surface area is 97.3 Å². The summed E-state index contributed by atoms with van der Waals surface area (Å²) >= 11 is 0. The minimum Gasteiger partial charge on any atom is -0.379 e. The van der Waals surface area contributed by atoms with Gasteiger partial charge in [0.1, 0.15) is 0 Å². The molecule has 0 spiro atoms. The van der Waals surface area contributed by atoms with Crippen LogP contribution in [-0.2, 0) is 9.53 Å². The second-order valence-electron chi connectivity index (χ2n) is 4.32. The highest BCUT2D eigenvalue weighted by Crippen LogP contribution is 1.97. The van der Waals surface area contributed by atoms with Crippen LogP contribution in [0.4, 0.5) is 0 Å². The van der Waals surface area contributed by atoms with Gasteiger partial charge in [-0.1, -0.05) is 6.92 Å². The van der Waals surface area contributed by atoms with Gasteiger partial charge < -0.3 is 15.8 Å². The van der Waals surface area contributed by atoms with Gasteiger partial charge >= 0.3 is 0 Å². The van der Waals surface area contributed by atoms with E-state index >= 15 is 0 Å². The van der Waals surface area contributed by atoms with Gasteiger partial charge in [0.05, 0.1) is 13.2 Å². The fourth-order valence-electron chi connectivity index (χ4n) is 1.67. The van der Waals surface area contributed by atoms with E-state index in [1.54, 1.807) is 0 Å².